The summed E-state index contributed by atoms with van der Waals surface area (Å²) in [5, 5.41) is 0. The molecule has 0 aliphatic heterocycles. The summed E-state index contributed by atoms with van der Waals surface area (Å²) < 4.78 is 10.5. The first-order chi connectivity index (χ1) is 8.24. The van der Waals surface area contributed by atoms with E-state index in [4.69, 9.17) is 9.47 Å². The maximum absolute atomic E-state index is 5.33. The van der Waals surface area contributed by atoms with E-state index in [0.29, 0.717) is 0 Å². The van der Waals surface area contributed by atoms with Gasteiger partial charge in [-0.15, -0.1) is 0 Å². The normalized spacial score (nSPS) is 10.1. The second-order valence-electron chi connectivity index (χ2n) is 3.91. The molecule has 0 unspecified atom stereocenters. The Morgan fingerprint density at radius 3 is 2.00 bits per heavy atom. The van der Waals surface area contributed by atoms with E-state index >= 15 is 0 Å². The largest absolute Gasteiger partial charge is 0.497 e. The molecule has 0 saturated carbocycles. The summed E-state index contributed by atoms with van der Waals surface area (Å²) in [6.45, 7) is 2.04. The molecular formula is C15H16O2. The van der Waals surface area contributed by atoms with E-state index in [1.54, 1.807) is 14.2 Å². The molecule has 0 bridgehead atoms. The first-order valence-corrected chi connectivity index (χ1v) is 5.53. The average Bonchev–Trinajstić information content (AvgIpc) is 2.39. The predicted octanol–water partition coefficient (Wildman–Crippen LogP) is 3.68. The van der Waals surface area contributed by atoms with Gasteiger partial charge < -0.3 is 9.47 Å². The summed E-state index contributed by atoms with van der Waals surface area (Å²) >= 11 is 0. The number of methoxy groups -OCH3 is 2. The van der Waals surface area contributed by atoms with Crippen molar-refractivity contribution in [3.63, 3.8) is 0 Å². The number of aryl methyl sites for hydroxylation is 1. The quantitative estimate of drug-likeness (QED) is 0.797. The highest BCUT2D eigenvalue weighted by Gasteiger charge is 2.02. The van der Waals surface area contributed by atoms with Crippen molar-refractivity contribution in [3.05, 3.63) is 48.0 Å². The first kappa shape index (κ1) is 11.5. The summed E-state index contributed by atoms with van der Waals surface area (Å²) in [4.78, 5) is 0. The Morgan fingerprint density at radius 1 is 0.765 bits per heavy atom. The van der Waals surface area contributed by atoms with Gasteiger partial charge in [-0.2, -0.15) is 0 Å². The molecule has 2 heteroatoms. The lowest BCUT2D eigenvalue weighted by molar-refractivity contribution is 0.412. The van der Waals surface area contributed by atoms with Gasteiger partial charge in [-0.1, -0.05) is 24.3 Å². The van der Waals surface area contributed by atoms with Crippen molar-refractivity contribution >= 4 is 0 Å². The first-order valence-electron chi connectivity index (χ1n) is 5.53. The fraction of sp³-hybridized carbons (Fsp3) is 0.200. The van der Waals surface area contributed by atoms with Gasteiger partial charge in [-0.3, -0.25) is 0 Å². The van der Waals surface area contributed by atoms with Crippen LogP contribution in [0.15, 0.2) is 42.5 Å². The number of ether oxygens (including phenoxy) is 2. The fourth-order valence-corrected chi connectivity index (χ4v) is 1.78. The molecule has 0 amide bonds. The standard InChI is InChI=1S/C15H16O2/c1-11-4-5-13(10-15(11)17-3)12-6-8-14(16-2)9-7-12/h4-10H,1-3H3. The molecule has 0 N–H and O–H groups in total. The highest BCUT2D eigenvalue weighted by molar-refractivity contribution is 5.66. The van der Waals surface area contributed by atoms with Gasteiger partial charge in [0.15, 0.2) is 0 Å². The summed E-state index contributed by atoms with van der Waals surface area (Å²) in [5.41, 5.74) is 3.45. The van der Waals surface area contributed by atoms with Gasteiger partial charge in [0.25, 0.3) is 0 Å². The van der Waals surface area contributed by atoms with Gasteiger partial charge in [0.2, 0.25) is 0 Å². The van der Waals surface area contributed by atoms with E-state index in [1.807, 2.05) is 31.2 Å². The minimum absolute atomic E-state index is 0.868. The molecule has 0 aliphatic rings. The van der Waals surface area contributed by atoms with Crippen LogP contribution in [-0.4, -0.2) is 14.2 Å². The fourth-order valence-electron chi connectivity index (χ4n) is 1.78. The molecule has 0 aromatic heterocycles. The van der Waals surface area contributed by atoms with E-state index in [9.17, 15) is 0 Å². The van der Waals surface area contributed by atoms with Crippen molar-refractivity contribution in [3.8, 4) is 22.6 Å². The maximum atomic E-state index is 5.33. The molecule has 0 heterocycles. The molecule has 2 aromatic carbocycles. The minimum Gasteiger partial charge on any atom is -0.497 e. The van der Waals surface area contributed by atoms with Gasteiger partial charge in [-0.25, -0.2) is 0 Å². The van der Waals surface area contributed by atoms with Gasteiger partial charge in [-0.05, 0) is 41.8 Å². The van der Waals surface area contributed by atoms with Crippen LogP contribution in [0.25, 0.3) is 11.1 Å². The topological polar surface area (TPSA) is 18.5 Å². The zero-order valence-electron chi connectivity index (χ0n) is 10.4. The van der Waals surface area contributed by atoms with Crippen LogP contribution in [0, 0.1) is 6.92 Å². The third kappa shape index (κ3) is 2.41. The Hall–Kier alpha value is -1.96. The van der Waals surface area contributed by atoms with Crippen LogP contribution in [-0.2, 0) is 0 Å². The summed E-state index contributed by atoms with van der Waals surface area (Å²) in [5.74, 6) is 1.78. The zero-order chi connectivity index (χ0) is 12.3. The van der Waals surface area contributed by atoms with Crippen molar-refractivity contribution < 1.29 is 9.47 Å². The van der Waals surface area contributed by atoms with E-state index in [2.05, 4.69) is 18.2 Å². The molecule has 2 rings (SSSR count). The molecule has 0 spiro atoms. The van der Waals surface area contributed by atoms with Gasteiger partial charge >= 0.3 is 0 Å². The number of hydrogen-bond acceptors (Lipinski definition) is 2. The SMILES string of the molecule is COc1ccc(-c2ccc(C)c(OC)c2)cc1. The lowest BCUT2D eigenvalue weighted by atomic mass is 10.0. The molecule has 0 saturated heterocycles. The summed E-state index contributed by atoms with van der Waals surface area (Å²) in [6, 6.07) is 14.2. The third-order valence-corrected chi connectivity index (χ3v) is 2.83. The molecule has 88 valence electrons. The molecule has 17 heavy (non-hydrogen) atoms. The van der Waals surface area contributed by atoms with E-state index in [-0.39, 0.29) is 0 Å². The highest BCUT2D eigenvalue weighted by atomic mass is 16.5. The second-order valence-corrected chi connectivity index (χ2v) is 3.91. The lowest BCUT2D eigenvalue weighted by Gasteiger charge is -2.08. The monoisotopic (exact) mass is 228 g/mol. The van der Waals surface area contributed by atoms with Crippen LogP contribution >= 0.6 is 0 Å². The van der Waals surface area contributed by atoms with Crippen molar-refractivity contribution in [1.82, 2.24) is 0 Å². The maximum Gasteiger partial charge on any atom is 0.122 e. The van der Waals surface area contributed by atoms with E-state index in [1.165, 1.54) is 0 Å². The van der Waals surface area contributed by atoms with E-state index < -0.39 is 0 Å². The van der Waals surface area contributed by atoms with Crippen molar-refractivity contribution in [2.45, 2.75) is 6.92 Å². The number of benzene rings is 2. The van der Waals surface area contributed by atoms with Crippen LogP contribution in [0.1, 0.15) is 5.56 Å². The molecule has 0 atom stereocenters. The summed E-state index contributed by atoms with van der Waals surface area (Å²) in [7, 11) is 3.37. The van der Waals surface area contributed by atoms with Gasteiger partial charge in [0.05, 0.1) is 14.2 Å². The third-order valence-electron chi connectivity index (χ3n) is 2.83. The number of hydrogen-bond donors (Lipinski definition) is 0. The molecule has 2 aromatic rings. The smallest absolute Gasteiger partial charge is 0.122 e. The minimum atomic E-state index is 0.868. The van der Waals surface area contributed by atoms with Crippen LogP contribution < -0.4 is 9.47 Å². The van der Waals surface area contributed by atoms with Gasteiger partial charge in [0.1, 0.15) is 11.5 Å². The van der Waals surface area contributed by atoms with Crippen molar-refractivity contribution in [1.29, 1.82) is 0 Å². The predicted molar refractivity (Wildman–Crippen MR) is 69.7 cm³/mol. The molecule has 2 nitrogen and oxygen atoms in total. The van der Waals surface area contributed by atoms with Crippen LogP contribution in [0.5, 0.6) is 11.5 Å². The van der Waals surface area contributed by atoms with Crippen LogP contribution in [0.4, 0.5) is 0 Å². The second kappa shape index (κ2) is 4.91. The Labute approximate surface area is 102 Å². The Morgan fingerprint density at radius 2 is 1.41 bits per heavy atom. The van der Waals surface area contributed by atoms with Gasteiger partial charge in [0, 0.05) is 0 Å². The Balaban J connectivity index is 2.38. The lowest BCUT2D eigenvalue weighted by Crippen LogP contribution is -1.88. The Bertz CT molecular complexity index is 501. The van der Waals surface area contributed by atoms with Crippen LogP contribution in [0.2, 0.25) is 0 Å². The molecule has 0 radical (unpaired) electrons. The average molecular weight is 228 g/mol. The van der Waals surface area contributed by atoms with Crippen LogP contribution in [0.3, 0.4) is 0 Å². The number of rotatable bonds is 3. The highest BCUT2D eigenvalue weighted by Crippen LogP contribution is 2.27. The molecule has 0 fully saturated rings. The van der Waals surface area contributed by atoms with Crippen molar-refractivity contribution in [2.75, 3.05) is 14.2 Å². The zero-order valence-corrected chi connectivity index (χ0v) is 10.4. The Kier molecular flexibility index (Phi) is 3.33. The van der Waals surface area contributed by atoms with Crippen molar-refractivity contribution in [2.24, 2.45) is 0 Å². The molecule has 0 aliphatic carbocycles. The van der Waals surface area contributed by atoms with E-state index in [0.717, 1.165) is 28.2 Å². The molecular weight excluding hydrogens is 212 g/mol. The summed E-state index contributed by atoms with van der Waals surface area (Å²) in [6.07, 6.45) is 0.